The van der Waals surface area contributed by atoms with Crippen molar-refractivity contribution in [3.8, 4) is 0 Å². The summed E-state index contributed by atoms with van der Waals surface area (Å²) in [5.74, 6) is 1.87. The number of nitrogens with zero attached hydrogens (tertiary/aromatic N) is 4. The van der Waals surface area contributed by atoms with Gasteiger partial charge in [0.1, 0.15) is 30.3 Å². The van der Waals surface area contributed by atoms with E-state index in [4.69, 9.17) is 14.7 Å². The maximum atomic E-state index is 12.3. The van der Waals surface area contributed by atoms with Gasteiger partial charge in [-0.25, -0.2) is 9.97 Å². The Balaban J connectivity index is 1.70. The molecule has 2 aromatic heterocycles. The van der Waals surface area contributed by atoms with E-state index in [1.165, 1.54) is 27.1 Å². The molecule has 1 amide bonds. The van der Waals surface area contributed by atoms with Crippen LogP contribution >= 0.6 is 11.3 Å². The van der Waals surface area contributed by atoms with Gasteiger partial charge in [0.15, 0.2) is 5.82 Å². The first kappa shape index (κ1) is 18.6. The summed E-state index contributed by atoms with van der Waals surface area (Å²) in [6, 6.07) is 0. The fourth-order valence-electron chi connectivity index (χ4n) is 3.85. The molecule has 0 radical (unpaired) electrons. The third kappa shape index (κ3) is 3.79. The van der Waals surface area contributed by atoms with Gasteiger partial charge in [-0.3, -0.25) is 4.79 Å². The molecule has 1 aliphatic heterocycles. The number of rotatable bonds is 5. The molecule has 0 bridgehead atoms. The van der Waals surface area contributed by atoms with Crippen LogP contribution in [-0.4, -0.2) is 74.8 Å². The highest BCUT2D eigenvalue weighted by atomic mass is 32.1. The number of amides is 1. The first-order valence-corrected chi connectivity index (χ1v) is 10.5. The normalized spacial score (nSPS) is 17.3. The Morgan fingerprint density at radius 1 is 1.19 bits per heavy atom. The van der Waals surface area contributed by atoms with Crippen LogP contribution in [0.2, 0.25) is 0 Å². The quantitative estimate of drug-likeness (QED) is 0.786. The van der Waals surface area contributed by atoms with Crippen LogP contribution in [0, 0.1) is 0 Å². The number of fused-ring (bicyclic) bond motifs is 3. The van der Waals surface area contributed by atoms with Crippen molar-refractivity contribution in [2.24, 2.45) is 0 Å². The monoisotopic (exact) mass is 390 g/mol. The Hall–Kier alpha value is -1.77. The summed E-state index contributed by atoms with van der Waals surface area (Å²) in [6.45, 7) is 4.72. The lowest BCUT2D eigenvalue weighted by Gasteiger charge is -2.24. The van der Waals surface area contributed by atoms with Crippen LogP contribution in [0.5, 0.6) is 0 Å². The molecular weight excluding hydrogens is 362 g/mol. The lowest BCUT2D eigenvalue weighted by atomic mass is 10.2. The number of thiophene rings is 1. The molecule has 1 aliphatic carbocycles. The molecule has 0 spiro atoms. The summed E-state index contributed by atoms with van der Waals surface area (Å²) in [6.07, 6.45) is 3.44. The van der Waals surface area contributed by atoms with E-state index in [9.17, 15) is 4.79 Å². The summed E-state index contributed by atoms with van der Waals surface area (Å²) in [5, 5.41) is 1.17. The van der Waals surface area contributed by atoms with Gasteiger partial charge in [-0.15, -0.1) is 11.3 Å². The van der Waals surface area contributed by atoms with Gasteiger partial charge in [-0.2, -0.15) is 0 Å². The van der Waals surface area contributed by atoms with E-state index in [2.05, 4.69) is 0 Å². The summed E-state index contributed by atoms with van der Waals surface area (Å²) < 4.78 is 5.47. The van der Waals surface area contributed by atoms with E-state index < -0.39 is 0 Å². The summed E-state index contributed by atoms with van der Waals surface area (Å²) in [4.78, 5) is 29.7. The number of hydrogen-bond donors (Lipinski definition) is 1. The van der Waals surface area contributed by atoms with Crippen molar-refractivity contribution in [2.45, 2.75) is 25.8 Å². The third-order valence-corrected chi connectivity index (χ3v) is 6.62. The Kier molecular flexibility index (Phi) is 5.29. The lowest BCUT2D eigenvalue weighted by molar-refractivity contribution is -0.922. The van der Waals surface area contributed by atoms with Gasteiger partial charge in [0.25, 0.3) is 0 Å². The van der Waals surface area contributed by atoms with Crippen molar-refractivity contribution in [1.82, 2.24) is 14.9 Å². The van der Waals surface area contributed by atoms with Crippen LogP contribution in [0.1, 0.15) is 22.7 Å². The van der Waals surface area contributed by atoms with Gasteiger partial charge in [-0.05, 0) is 24.8 Å². The maximum absolute atomic E-state index is 12.3. The van der Waals surface area contributed by atoms with Crippen molar-refractivity contribution in [2.75, 3.05) is 58.9 Å². The van der Waals surface area contributed by atoms with E-state index in [-0.39, 0.29) is 5.91 Å². The molecule has 3 heterocycles. The van der Waals surface area contributed by atoms with Crippen molar-refractivity contribution in [3.05, 3.63) is 16.3 Å². The number of morpholine rings is 1. The highest BCUT2D eigenvalue weighted by Crippen LogP contribution is 2.40. The van der Waals surface area contributed by atoms with Gasteiger partial charge in [-0.1, -0.05) is 0 Å². The molecule has 1 saturated heterocycles. The standard InChI is InChI=1S/C19H27N5O2S/c1-22(2)16(25)12-23(3)18-17-13-5-4-6-14(13)27-19(17)21-15(20-18)11-24-7-9-26-10-8-24/h4-12H2,1-3H3/p+1. The highest BCUT2D eigenvalue weighted by molar-refractivity contribution is 7.19. The second kappa shape index (κ2) is 7.69. The van der Waals surface area contributed by atoms with Gasteiger partial charge >= 0.3 is 0 Å². The Labute approximate surface area is 163 Å². The summed E-state index contributed by atoms with van der Waals surface area (Å²) in [5.41, 5.74) is 1.40. The number of carbonyl (C=O) groups is 1. The fraction of sp³-hybridized carbons (Fsp3) is 0.632. The molecule has 146 valence electrons. The average molecular weight is 391 g/mol. The molecule has 7 nitrogen and oxygen atoms in total. The molecule has 4 rings (SSSR count). The minimum atomic E-state index is 0.0801. The molecule has 8 heteroatoms. The number of carbonyl (C=O) groups excluding carboxylic acids is 1. The largest absolute Gasteiger partial charge is 0.370 e. The van der Waals surface area contributed by atoms with Gasteiger partial charge in [0, 0.05) is 26.0 Å². The minimum absolute atomic E-state index is 0.0801. The number of nitrogens with one attached hydrogen (secondary N) is 1. The van der Waals surface area contributed by atoms with Crippen molar-refractivity contribution >= 4 is 33.3 Å². The SMILES string of the molecule is CN(C)C(=O)CN(C)c1nc(C[NH+]2CCOCC2)nc2sc3c(c12)CCC3. The van der Waals surface area contributed by atoms with Crippen LogP contribution in [0.3, 0.4) is 0 Å². The highest BCUT2D eigenvalue weighted by Gasteiger charge is 2.26. The zero-order chi connectivity index (χ0) is 19.0. The van der Waals surface area contributed by atoms with Crippen molar-refractivity contribution in [3.63, 3.8) is 0 Å². The van der Waals surface area contributed by atoms with Gasteiger partial charge < -0.3 is 19.4 Å². The van der Waals surface area contributed by atoms with Crippen molar-refractivity contribution in [1.29, 1.82) is 0 Å². The average Bonchev–Trinajstić information content (AvgIpc) is 3.22. The van der Waals surface area contributed by atoms with E-state index in [1.807, 2.05) is 23.3 Å². The smallest absolute Gasteiger partial charge is 0.241 e. The summed E-state index contributed by atoms with van der Waals surface area (Å²) >= 11 is 1.81. The lowest BCUT2D eigenvalue weighted by Crippen LogP contribution is -3.12. The first-order valence-electron chi connectivity index (χ1n) is 9.66. The third-order valence-electron chi connectivity index (χ3n) is 5.43. The Morgan fingerprint density at radius 2 is 1.96 bits per heavy atom. The van der Waals surface area contributed by atoms with E-state index in [0.717, 1.165) is 62.2 Å². The second-order valence-electron chi connectivity index (χ2n) is 7.68. The molecule has 27 heavy (non-hydrogen) atoms. The predicted octanol–water partition coefficient (Wildman–Crippen LogP) is 0.120. The van der Waals surface area contributed by atoms with Crippen LogP contribution in [0.4, 0.5) is 5.82 Å². The number of hydrogen-bond acceptors (Lipinski definition) is 6. The molecule has 1 N–H and O–H groups in total. The number of anilines is 1. The zero-order valence-corrected chi connectivity index (χ0v) is 17.2. The Morgan fingerprint density at radius 3 is 2.70 bits per heavy atom. The number of quaternary nitrogens is 1. The van der Waals surface area contributed by atoms with Crippen LogP contribution in [0.25, 0.3) is 10.2 Å². The number of aromatic nitrogens is 2. The van der Waals surface area contributed by atoms with Gasteiger partial charge in [0.05, 0.1) is 25.1 Å². The van der Waals surface area contributed by atoms with E-state index in [1.54, 1.807) is 19.0 Å². The molecule has 0 unspecified atom stereocenters. The van der Waals surface area contributed by atoms with E-state index in [0.29, 0.717) is 6.54 Å². The first-order chi connectivity index (χ1) is 13.0. The van der Waals surface area contributed by atoms with Gasteiger partial charge in [0.2, 0.25) is 5.91 Å². The van der Waals surface area contributed by atoms with Crippen LogP contribution in [-0.2, 0) is 28.9 Å². The number of ether oxygens (including phenoxy) is 1. The molecule has 2 aliphatic rings. The van der Waals surface area contributed by atoms with Crippen LogP contribution < -0.4 is 9.80 Å². The molecule has 1 fully saturated rings. The maximum Gasteiger partial charge on any atom is 0.241 e. The number of aryl methyl sites for hydroxylation is 2. The predicted molar refractivity (Wildman–Crippen MR) is 107 cm³/mol. The molecule has 2 aromatic rings. The molecule has 0 atom stereocenters. The van der Waals surface area contributed by atoms with Crippen LogP contribution in [0.15, 0.2) is 0 Å². The molecular formula is C19H28N5O2S+. The fourth-order valence-corrected chi connectivity index (χ4v) is 5.13. The summed E-state index contributed by atoms with van der Waals surface area (Å²) in [7, 11) is 5.55. The second-order valence-corrected chi connectivity index (χ2v) is 8.77. The zero-order valence-electron chi connectivity index (χ0n) is 16.4. The van der Waals surface area contributed by atoms with Crippen molar-refractivity contribution < 1.29 is 14.4 Å². The molecule has 0 saturated carbocycles. The number of likely N-dealkylation sites (N-methyl/N-ethyl adjacent to an activating group) is 2. The van der Waals surface area contributed by atoms with E-state index >= 15 is 0 Å². The molecule has 0 aromatic carbocycles. The minimum Gasteiger partial charge on any atom is -0.370 e. The Bertz CT molecular complexity index is 844. The topological polar surface area (TPSA) is 63.0 Å².